The fourth-order valence-electron chi connectivity index (χ4n) is 2.99. The molecule has 1 aliphatic heterocycles. The minimum absolute atomic E-state index is 0.0443. The van der Waals surface area contributed by atoms with E-state index in [1.165, 1.54) is 14.2 Å². The number of benzene rings is 1. The van der Waals surface area contributed by atoms with E-state index in [0.29, 0.717) is 29.9 Å². The number of hydrogen-bond donors (Lipinski definition) is 1. The van der Waals surface area contributed by atoms with Crippen molar-refractivity contribution in [1.29, 1.82) is 0 Å². The van der Waals surface area contributed by atoms with E-state index in [1.54, 1.807) is 18.2 Å². The van der Waals surface area contributed by atoms with Gasteiger partial charge in [0.05, 0.1) is 20.0 Å². The van der Waals surface area contributed by atoms with Crippen LogP contribution < -0.4 is 9.47 Å². The molecular formula is C17H23NO7S. The molecule has 1 saturated heterocycles. The van der Waals surface area contributed by atoms with Crippen molar-refractivity contribution in [2.24, 2.45) is 0 Å². The molecule has 0 aliphatic carbocycles. The molecule has 2 rings (SSSR count). The third kappa shape index (κ3) is 4.87. The molecular weight excluding hydrogens is 362 g/mol. The minimum Gasteiger partial charge on any atom is -0.497 e. The zero-order valence-electron chi connectivity index (χ0n) is 14.8. The van der Waals surface area contributed by atoms with E-state index in [9.17, 15) is 18.0 Å². The van der Waals surface area contributed by atoms with Crippen molar-refractivity contribution in [2.45, 2.75) is 31.1 Å². The highest BCUT2D eigenvalue weighted by Crippen LogP contribution is 2.25. The second-order valence-electron chi connectivity index (χ2n) is 6.16. The first-order chi connectivity index (χ1) is 12.3. The predicted molar refractivity (Wildman–Crippen MR) is 94.0 cm³/mol. The van der Waals surface area contributed by atoms with Crippen molar-refractivity contribution < 1.29 is 32.6 Å². The number of amides is 1. The smallest absolute Gasteiger partial charge is 0.323 e. The molecule has 1 N–H and O–H groups in total. The Hall–Kier alpha value is -2.29. The van der Waals surface area contributed by atoms with Gasteiger partial charge in [0.15, 0.2) is 9.84 Å². The number of hydrogen-bond acceptors (Lipinski definition) is 6. The number of carbonyl (C=O) groups is 2. The normalized spacial score (nSPS) is 18.8. The molecule has 1 fully saturated rings. The van der Waals surface area contributed by atoms with E-state index in [2.05, 4.69) is 0 Å². The van der Waals surface area contributed by atoms with Crippen molar-refractivity contribution in [3.63, 3.8) is 0 Å². The number of ether oxygens (including phenoxy) is 2. The van der Waals surface area contributed by atoms with Gasteiger partial charge in [-0.2, -0.15) is 0 Å². The molecule has 1 amide bonds. The van der Waals surface area contributed by atoms with Gasteiger partial charge >= 0.3 is 5.97 Å². The van der Waals surface area contributed by atoms with Gasteiger partial charge in [0.2, 0.25) is 5.91 Å². The molecule has 144 valence electrons. The molecule has 0 spiro atoms. The molecule has 1 aliphatic rings. The van der Waals surface area contributed by atoms with Gasteiger partial charge in [-0.05, 0) is 30.5 Å². The minimum atomic E-state index is -3.56. The van der Waals surface area contributed by atoms with Crippen LogP contribution >= 0.6 is 0 Å². The average Bonchev–Trinajstić information content (AvgIpc) is 2.59. The lowest BCUT2D eigenvalue weighted by Crippen LogP contribution is -2.46. The molecule has 26 heavy (non-hydrogen) atoms. The van der Waals surface area contributed by atoms with Gasteiger partial charge in [0.25, 0.3) is 0 Å². The van der Waals surface area contributed by atoms with Crippen LogP contribution in [0.4, 0.5) is 0 Å². The number of carboxylic acid groups (broad SMARTS) is 1. The van der Waals surface area contributed by atoms with Crippen LogP contribution in [0.1, 0.15) is 24.8 Å². The van der Waals surface area contributed by atoms with Crippen molar-refractivity contribution in [2.75, 3.05) is 26.5 Å². The highest BCUT2D eigenvalue weighted by Gasteiger charge is 2.38. The van der Waals surface area contributed by atoms with Gasteiger partial charge in [0, 0.05) is 12.6 Å². The SMILES string of the molecule is COc1cc(CN(CC(=O)O)C(=O)C2CCCCS2(=O)=O)cc(OC)c1. The van der Waals surface area contributed by atoms with Gasteiger partial charge in [-0.15, -0.1) is 0 Å². The topological polar surface area (TPSA) is 110 Å². The van der Waals surface area contributed by atoms with Crippen LogP contribution in [-0.4, -0.2) is 62.1 Å². The molecule has 1 unspecified atom stereocenters. The summed E-state index contributed by atoms with van der Waals surface area (Å²) in [5.74, 6) is -0.938. The second-order valence-corrected chi connectivity index (χ2v) is 8.46. The lowest BCUT2D eigenvalue weighted by molar-refractivity contribution is -0.144. The summed E-state index contributed by atoms with van der Waals surface area (Å²) in [6, 6.07) is 4.96. The lowest BCUT2D eigenvalue weighted by atomic mass is 10.1. The summed E-state index contributed by atoms with van der Waals surface area (Å²) in [5.41, 5.74) is 0.587. The molecule has 8 nitrogen and oxygen atoms in total. The van der Waals surface area contributed by atoms with Gasteiger partial charge in [-0.1, -0.05) is 6.42 Å². The molecule has 9 heteroatoms. The number of rotatable bonds is 7. The standard InChI is InChI=1S/C17H23NO7S/c1-24-13-7-12(8-14(9-13)25-2)10-18(11-16(19)20)17(21)15-5-3-4-6-26(15,22)23/h7-9,15H,3-6,10-11H2,1-2H3,(H,19,20). The largest absolute Gasteiger partial charge is 0.497 e. The van der Waals surface area contributed by atoms with Gasteiger partial charge in [-0.25, -0.2) is 8.42 Å². The second kappa shape index (κ2) is 8.39. The molecule has 0 aromatic heterocycles. The quantitative estimate of drug-likeness (QED) is 0.748. The fraction of sp³-hybridized carbons (Fsp3) is 0.529. The summed E-state index contributed by atoms with van der Waals surface area (Å²) in [6.07, 6.45) is 1.38. The van der Waals surface area contributed by atoms with E-state index < -0.39 is 33.5 Å². The van der Waals surface area contributed by atoms with Crippen molar-refractivity contribution >= 4 is 21.7 Å². The van der Waals surface area contributed by atoms with Crippen LogP contribution in [0.25, 0.3) is 0 Å². The summed E-state index contributed by atoms with van der Waals surface area (Å²) in [6.45, 7) is -0.630. The number of aliphatic carboxylic acids is 1. The lowest BCUT2D eigenvalue weighted by Gasteiger charge is -2.28. The molecule has 0 saturated carbocycles. The third-order valence-corrected chi connectivity index (χ3v) is 6.44. The van der Waals surface area contributed by atoms with Crippen LogP contribution in [-0.2, 0) is 26.0 Å². The van der Waals surface area contributed by atoms with Crippen molar-refractivity contribution in [3.05, 3.63) is 23.8 Å². The average molecular weight is 385 g/mol. The van der Waals surface area contributed by atoms with Crippen LogP contribution in [0.2, 0.25) is 0 Å². The number of methoxy groups -OCH3 is 2. The molecule has 1 aromatic rings. The molecule has 1 atom stereocenters. The summed E-state index contributed by atoms with van der Waals surface area (Å²) in [5, 5.41) is 7.97. The van der Waals surface area contributed by atoms with E-state index in [4.69, 9.17) is 14.6 Å². The number of carbonyl (C=O) groups excluding carboxylic acids is 1. The zero-order valence-corrected chi connectivity index (χ0v) is 15.6. The van der Waals surface area contributed by atoms with Crippen molar-refractivity contribution in [3.8, 4) is 11.5 Å². The monoisotopic (exact) mass is 385 g/mol. The van der Waals surface area contributed by atoms with Gasteiger partial charge < -0.3 is 19.5 Å². The highest BCUT2D eigenvalue weighted by molar-refractivity contribution is 7.92. The summed E-state index contributed by atoms with van der Waals surface area (Å²) >= 11 is 0. The highest BCUT2D eigenvalue weighted by atomic mass is 32.2. The van der Waals surface area contributed by atoms with Crippen molar-refractivity contribution in [1.82, 2.24) is 4.90 Å². The summed E-state index contributed by atoms with van der Waals surface area (Å²) < 4.78 is 34.8. The maximum atomic E-state index is 12.8. The Morgan fingerprint density at radius 2 is 1.77 bits per heavy atom. The van der Waals surface area contributed by atoms with Gasteiger partial charge in [0.1, 0.15) is 23.3 Å². The maximum absolute atomic E-state index is 12.8. The van der Waals surface area contributed by atoms with E-state index in [-0.39, 0.29) is 18.7 Å². The van der Waals surface area contributed by atoms with Crippen LogP contribution in [0.5, 0.6) is 11.5 Å². The fourth-order valence-corrected chi connectivity index (χ4v) is 4.86. The Morgan fingerprint density at radius 1 is 1.15 bits per heavy atom. The Balaban J connectivity index is 2.30. The molecule has 0 radical (unpaired) electrons. The van der Waals surface area contributed by atoms with E-state index >= 15 is 0 Å². The molecule has 0 bridgehead atoms. The first-order valence-corrected chi connectivity index (χ1v) is 9.92. The number of nitrogens with zero attached hydrogens (tertiary/aromatic N) is 1. The van der Waals surface area contributed by atoms with Crippen LogP contribution in [0.15, 0.2) is 18.2 Å². The van der Waals surface area contributed by atoms with Crippen LogP contribution in [0, 0.1) is 0 Å². The Morgan fingerprint density at radius 3 is 2.27 bits per heavy atom. The van der Waals surface area contributed by atoms with Crippen LogP contribution in [0.3, 0.4) is 0 Å². The van der Waals surface area contributed by atoms with Gasteiger partial charge in [-0.3, -0.25) is 9.59 Å². The number of sulfone groups is 1. The Bertz CT molecular complexity index is 753. The summed E-state index contributed by atoms with van der Waals surface area (Å²) in [4.78, 5) is 25.0. The molecule has 1 aromatic carbocycles. The first kappa shape index (κ1) is 20.0. The first-order valence-electron chi connectivity index (χ1n) is 8.21. The maximum Gasteiger partial charge on any atom is 0.323 e. The summed E-state index contributed by atoms with van der Waals surface area (Å²) in [7, 11) is -0.596. The van der Waals surface area contributed by atoms with E-state index in [0.717, 1.165) is 4.90 Å². The third-order valence-electron chi connectivity index (χ3n) is 4.28. The Labute approximate surface area is 152 Å². The molecule has 1 heterocycles. The number of carboxylic acids is 1. The zero-order chi connectivity index (χ0) is 19.3. The predicted octanol–water partition coefficient (Wildman–Crippen LogP) is 1.08. The Kier molecular flexibility index (Phi) is 6.47. The van der Waals surface area contributed by atoms with E-state index in [1.807, 2.05) is 0 Å².